The zero-order chi connectivity index (χ0) is 13.1. The predicted octanol–water partition coefficient (Wildman–Crippen LogP) is 4.21. The number of hydrogen-bond acceptors (Lipinski definition) is 2. The molecular weight excluding hydrogens is 246 g/mol. The molecule has 0 spiro atoms. The largest absolute Gasteiger partial charge is 0.457 e. The van der Waals surface area contributed by atoms with Crippen molar-refractivity contribution >= 4 is 11.6 Å². The predicted molar refractivity (Wildman–Crippen MR) is 75.3 cm³/mol. The van der Waals surface area contributed by atoms with Crippen LogP contribution >= 0.6 is 11.6 Å². The topological polar surface area (TPSA) is 35.2 Å². The van der Waals surface area contributed by atoms with Gasteiger partial charge in [-0.1, -0.05) is 29.8 Å². The van der Waals surface area contributed by atoms with Crippen LogP contribution < -0.4 is 10.5 Å². The number of nitrogens with two attached hydrogens (primary N) is 1. The maximum Gasteiger partial charge on any atom is 0.134 e. The Morgan fingerprint density at radius 3 is 2.56 bits per heavy atom. The molecule has 2 rings (SSSR count). The van der Waals surface area contributed by atoms with Crippen molar-refractivity contribution < 1.29 is 4.74 Å². The fraction of sp³-hybridized carbons (Fsp3) is 0.200. The number of hydrogen-bond donors (Lipinski definition) is 1. The molecule has 0 unspecified atom stereocenters. The van der Waals surface area contributed by atoms with E-state index < -0.39 is 0 Å². The quantitative estimate of drug-likeness (QED) is 0.898. The Kier molecular flexibility index (Phi) is 3.90. The lowest BCUT2D eigenvalue weighted by molar-refractivity contribution is 0.472. The fourth-order valence-electron chi connectivity index (χ4n) is 1.82. The molecule has 0 heterocycles. The first-order valence-electron chi connectivity index (χ1n) is 5.84. The molecule has 2 aromatic rings. The van der Waals surface area contributed by atoms with Gasteiger partial charge in [0, 0.05) is 17.1 Å². The second-order valence-electron chi connectivity index (χ2n) is 4.28. The van der Waals surface area contributed by atoms with Crippen LogP contribution in [0.1, 0.15) is 16.7 Å². The molecule has 0 aliphatic rings. The van der Waals surface area contributed by atoms with E-state index >= 15 is 0 Å². The summed E-state index contributed by atoms with van der Waals surface area (Å²) < 4.78 is 5.93. The van der Waals surface area contributed by atoms with Gasteiger partial charge in [-0.2, -0.15) is 0 Å². The van der Waals surface area contributed by atoms with Crippen LogP contribution in [0.3, 0.4) is 0 Å². The fourth-order valence-corrected chi connectivity index (χ4v) is 1.94. The van der Waals surface area contributed by atoms with Crippen molar-refractivity contribution in [2.75, 3.05) is 0 Å². The highest BCUT2D eigenvalue weighted by Crippen LogP contribution is 2.30. The van der Waals surface area contributed by atoms with Crippen molar-refractivity contribution in [3.8, 4) is 11.5 Å². The second-order valence-corrected chi connectivity index (χ2v) is 4.69. The molecule has 18 heavy (non-hydrogen) atoms. The van der Waals surface area contributed by atoms with E-state index in [0.29, 0.717) is 6.54 Å². The third-order valence-electron chi connectivity index (χ3n) is 2.86. The molecule has 0 amide bonds. The van der Waals surface area contributed by atoms with Crippen molar-refractivity contribution in [1.82, 2.24) is 0 Å². The number of para-hydroxylation sites is 1. The number of ether oxygens (including phenoxy) is 1. The highest BCUT2D eigenvalue weighted by molar-refractivity contribution is 6.31. The zero-order valence-corrected chi connectivity index (χ0v) is 11.3. The molecule has 94 valence electrons. The highest BCUT2D eigenvalue weighted by Gasteiger charge is 2.07. The van der Waals surface area contributed by atoms with Crippen LogP contribution in [-0.4, -0.2) is 0 Å². The van der Waals surface area contributed by atoms with Crippen molar-refractivity contribution in [3.05, 3.63) is 58.1 Å². The molecular formula is C15H16ClNO. The lowest BCUT2D eigenvalue weighted by Crippen LogP contribution is -2.00. The summed E-state index contributed by atoms with van der Waals surface area (Å²) >= 11 is 6.00. The van der Waals surface area contributed by atoms with Crippen LogP contribution in [0.4, 0.5) is 0 Å². The molecule has 0 atom stereocenters. The lowest BCUT2D eigenvalue weighted by atomic mass is 10.1. The van der Waals surface area contributed by atoms with E-state index in [2.05, 4.69) is 0 Å². The Labute approximate surface area is 112 Å². The average Bonchev–Trinajstić information content (AvgIpc) is 2.36. The average molecular weight is 262 g/mol. The van der Waals surface area contributed by atoms with Gasteiger partial charge in [0.25, 0.3) is 0 Å². The molecule has 2 N–H and O–H groups in total. The van der Waals surface area contributed by atoms with Crippen molar-refractivity contribution in [2.24, 2.45) is 5.73 Å². The first kappa shape index (κ1) is 12.9. The van der Waals surface area contributed by atoms with Gasteiger partial charge in [0.05, 0.1) is 0 Å². The van der Waals surface area contributed by atoms with Crippen molar-refractivity contribution in [1.29, 1.82) is 0 Å². The van der Waals surface area contributed by atoms with Crippen LogP contribution in [-0.2, 0) is 6.54 Å². The van der Waals surface area contributed by atoms with E-state index in [1.165, 1.54) is 0 Å². The van der Waals surface area contributed by atoms with Gasteiger partial charge in [0.2, 0.25) is 0 Å². The van der Waals surface area contributed by atoms with Crippen LogP contribution in [0.25, 0.3) is 0 Å². The maximum atomic E-state index is 6.00. The van der Waals surface area contributed by atoms with Gasteiger partial charge in [-0.15, -0.1) is 0 Å². The molecule has 0 aliphatic heterocycles. The molecule has 0 aliphatic carbocycles. The zero-order valence-electron chi connectivity index (χ0n) is 10.5. The Bertz CT molecular complexity index is 566. The van der Waals surface area contributed by atoms with Gasteiger partial charge in [-0.3, -0.25) is 0 Å². The third kappa shape index (κ3) is 2.66. The van der Waals surface area contributed by atoms with Gasteiger partial charge < -0.3 is 10.5 Å². The summed E-state index contributed by atoms with van der Waals surface area (Å²) in [7, 11) is 0. The van der Waals surface area contributed by atoms with E-state index in [4.69, 9.17) is 22.1 Å². The number of halogens is 1. The van der Waals surface area contributed by atoms with Gasteiger partial charge in [-0.05, 0) is 43.2 Å². The monoisotopic (exact) mass is 261 g/mol. The van der Waals surface area contributed by atoms with E-state index in [1.54, 1.807) is 0 Å². The Morgan fingerprint density at radius 2 is 1.89 bits per heavy atom. The van der Waals surface area contributed by atoms with Crippen LogP contribution in [0.5, 0.6) is 11.5 Å². The Balaban J connectivity index is 2.36. The molecule has 3 heteroatoms. The van der Waals surface area contributed by atoms with E-state index in [0.717, 1.165) is 33.2 Å². The molecule has 0 aromatic heterocycles. The molecule has 0 bridgehead atoms. The second kappa shape index (κ2) is 5.42. The smallest absolute Gasteiger partial charge is 0.134 e. The summed E-state index contributed by atoms with van der Waals surface area (Å²) in [5.41, 5.74) is 8.80. The molecule has 2 nitrogen and oxygen atoms in total. The molecule has 0 saturated carbocycles. The number of aryl methyl sites for hydroxylation is 2. The minimum Gasteiger partial charge on any atom is -0.457 e. The summed E-state index contributed by atoms with van der Waals surface area (Å²) in [5.74, 6) is 1.61. The minimum absolute atomic E-state index is 0.462. The van der Waals surface area contributed by atoms with Gasteiger partial charge in [-0.25, -0.2) is 0 Å². The van der Waals surface area contributed by atoms with Gasteiger partial charge >= 0.3 is 0 Å². The summed E-state index contributed by atoms with van der Waals surface area (Å²) in [4.78, 5) is 0. The SMILES string of the molecule is Cc1cc(Oc2c(C)cccc2CN)ccc1Cl. The van der Waals surface area contributed by atoms with Gasteiger partial charge in [0.1, 0.15) is 11.5 Å². The molecule has 0 saturated heterocycles. The molecule has 2 aromatic carbocycles. The number of rotatable bonds is 3. The first-order chi connectivity index (χ1) is 8.61. The molecule has 0 fully saturated rings. The van der Waals surface area contributed by atoms with E-state index in [-0.39, 0.29) is 0 Å². The standard InChI is InChI=1S/C15H16ClNO/c1-10-4-3-5-12(9-17)15(10)18-13-6-7-14(16)11(2)8-13/h3-8H,9,17H2,1-2H3. The summed E-state index contributed by atoms with van der Waals surface area (Å²) in [5, 5.41) is 0.742. The normalized spacial score (nSPS) is 10.4. The summed E-state index contributed by atoms with van der Waals surface area (Å²) in [6.07, 6.45) is 0. The maximum absolute atomic E-state index is 6.00. The number of benzene rings is 2. The van der Waals surface area contributed by atoms with Crippen LogP contribution in [0, 0.1) is 13.8 Å². The van der Waals surface area contributed by atoms with Gasteiger partial charge in [0.15, 0.2) is 0 Å². The van der Waals surface area contributed by atoms with Crippen molar-refractivity contribution in [2.45, 2.75) is 20.4 Å². The highest BCUT2D eigenvalue weighted by atomic mass is 35.5. The third-order valence-corrected chi connectivity index (χ3v) is 3.29. The van der Waals surface area contributed by atoms with Crippen LogP contribution in [0.15, 0.2) is 36.4 Å². The lowest BCUT2D eigenvalue weighted by Gasteiger charge is -2.13. The van der Waals surface area contributed by atoms with E-state index in [1.807, 2.05) is 50.2 Å². The Hall–Kier alpha value is -1.51. The Morgan fingerprint density at radius 1 is 1.11 bits per heavy atom. The first-order valence-corrected chi connectivity index (χ1v) is 6.22. The van der Waals surface area contributed by atoms with Crippen molar-refractivity contribution in [3.63, 3.8) is 0 Å². The van der Waals surface area contributed by atoms with Crippen LogP contribution in [0.2, 0.25) is 5.02 Å². The van der Waals surface area contributed by atoms with E-state index in [9.17, 15) is 0 Å². The summed E-state index contributed by atoms with van der Waals surface area (Å²) in [6.45, 7) is 4.43. The molecule has 0 radical (unpaired) electrons. The minimum atomic E-state index is 0.462. The summed E-state index contributed by atoms with van der Waals surface area (Å²) in [6, 6.07) is 11.6.